The van der Waals surface area contributed by atoms with Crippen LogP contribution in [0.5, 0.6) is 11.5 Å². The molecule has 0 aliphatic carbocycles. The van der Waals surface area contributed by atoms with Crippen LogP contribution in [0.3, 0.4) is 0 Å². The highest BCUT2D eigenvalue weighted by atomic mass is 35.5. The topological polar surface area (TPSA) is 108 Å². The first kappa shape index (κ1) is 33.9. The van der Waals surface area contributed by atoms with E-state index in [4.69, 9.17) is 35.9 Å². The summed E-state index contributed by atoms with van der Waals surface area (Å²) in [5.74, 6) is 1.32. The van der Waals surface area contributed by atoms with E-state index in [9.17, 15) is 9.59 Å². The van der Waals surface area contributed by atoms with Gasteiger partial charge in [-0.05, 0) is 62.6 Å². The zero-order chi connectivity index (χ0) is 33.3. The summed E-state index contributed by atoms with van der Waals surface area (Å²) in [5, 5.41) is 9.28. The zero-order valence-corrected chi connectivity index (χ0v) is 28.4. The molecular weight excluding hydrogens is 638 g/mol. The highest BCUT2D eigenvalue weighted by molar-refractivity contribution is 7.98. The monoisotopic (exact) mass is 675 g/mol. The Balaban J connectivity index is 1.48. The normalized spacial score (nSPS) is 13.9. The second-order valence-corrected chi connectivity index (χ2v) is 12.0. The maximum atomic E-state index is 13.8. The summed E-state index contributed by atoms with van der Waals surface area (Å²) in [7, 11) is 0. The minimum atomic E-state index is -0.692. The van der Waals surface area contributed by atoms with Gasteiger partial charge in [-0.15, -0.1) is 5.10 Å². The summed E-state index contributed by atoms with van der Waals surface area (Å²) in [6, 6.07) is 21.9. The molecule has 3 aromatic carbocycles. The predicted octanol–water partition coefficient (Wildman–Crippen LogP) is 6.90. The minimum Gasteiger partial charge on any atom is -0.490 e. The van der Waals surface area contributed by atoms with Gasteiger partial charge in [0.15, 0.2) is 18.1 Å². The molecular formula is C35H38ClN5O5S. The van der Waals surface area contributed by atoms with Crippen LogP contribution in [0.25, 0.3) is 0 Å². The van der Waals surface area contributed by atoms with Crippen molar-refractivity contribution in [3.63, 3.8) is 0 Å². The highest BCUT2D eigenvalue weighted by Gasteiger charge is 2.36. The number of carbonyl (C=O) groups is 2. The first-order valence-electron chi connectivity index (χ1n) is 15.5. The van der Waals surface area contributed by atoms with Crippen LogP contribution in [0.4, 0.5) is 5.95 Å². The lowest BCUT2D eigenvalue weighted by atomic mass is 9.95. The highest BCUT2D eigenvalue weighted by Crippen LogP contribution is 2.40. The molecule has 4 aromatic rings. The molecule has 0 bridgehead atoms. The molecule has 1 aliphatic rings. The Labute approximate surface area is 284 Å². The molecule has 1 aliphatic heterocycles. The third-order valence-corrected chi connectivity index (χ3v) is 8.89. The number of halogens is 1. The molecule has 1 amide bonds. The van der Waals surface area contributed by atoms with Crippen LogP contribution >= 0.6 is 23.4 Å². The van der Waals surface area contributed by atoms with Gasteiger partial charge in [-0.3, -0.25) is 4.79 Å². The molecule has 2 heterocycles. The number of esters is 1. The Hall–Kier alpha value is -4.48. The maximum Gasteiger partial charge on any atom is 0.338 e. The molecule has 1 unspecified atom stereocenters. The first-order chi connectivity index (χ1) is 22.8. The van der Waals surface area contributed by atoms with E-state index in [-0.39, 0.29) is 19.1 Å². The van der Waals surface area contributed by atoms with Gasteiger partial charge >= 0.3 is 5.97 Å². The summed E-state index contributed by atoms with van der Waals surface area (Å²) in [5.41, 5.74) is 3.52. The Morgan fingerprint density at radius 3 is 2.45 bits per heavy atom. The summed E-state index contributed by atoms with van der Waals surface area (Å²) in [4.78, 5) is 32.9. The van der Waals surface area contributed by atoms with Crippen molar-refractivity contribution >= 4 is 41.2 Å². The number of fused-ring (bicyclic) bond motifs is 1. The number of thioether (sulfide) groups is 1. The van der Waals surface area contributed by atoms with Crippen LogP contribution in [0, 0.1) is 0 Å². The Kier molecular flexibility index (Phi) is 11.4. The average Bonchev–Trinajstić information content (AvgIpc) is 3.49. The van der Waals surface area contributed by atoms with Crippen molar-refractivity contribution in [2.45, 2.75) is 51.3 Å². The number of ether oxygens (including phenoxy) is 3. The van der Waals surface area contributed by atoms with Gasteiger partial charge in [0.25, 0.3) is 5.91 Å². The van der Waals surface area contributed by atoms with Crippen molar-refractivity contribution in [2.24, 2.45) is 0 Å². The van der Waals surface area contributed by atoms with Gasteiger partial charge in [-0.25, -0.2) is 9.48 Å². The number of benzene rings is 3. The number of hydrogen-bond acceptors (Lipinski definition) is 9. The molecule has 0 spiro atoms. The molecule has 47 heavy (non-hydrogen) atoms. The number of likely N-dealkylation sites (N-methyl/N-ethyl adjacent to an activating group) is 1. The van der Waals surface area contributed by atoms with Crippen LogP contribution in [0.2, 0.25) is 5.02 Å². The van der Waals surface area contributed by atoms with Gasteiger partial charge < -0.3 is 24.4 Å². The number of anilines is 1. The summed E-state index contributed by atoms with van der Waals surface area (Å²) >= 11 is 7.83. The van der Waals surface area contributed by atoms with Crippen LogP contribution in [-0.4, -0.2) is 57.8 Å². The zero-order valence-electron chi connectivity index (χ0n) is 26.9. The van der Waals surface area contributed by atoms with E-state index in [0.717, 1.165) is 11.1 Å². The fourth-order valence-corrected chi connectivity index (χ4v) is 6.33. The second-order valence-electron chi connectivity index (χ2n) is 10.7. The van der Waals surface area contributed by atoms with E-state index in [2.05, 4.69) is 5.32 Å². The number of aromatic nitrogens is 3. The predicted molar refractivity (Wildman–Crippen MR) is 183 cm³/mol. The van der Waals surface area contributed by atoms with Crippen molar-refractivity contribution in [1.29, 1.82) is 0 Å². The van der Waals surface area contributed by atoms with Gasteiger partial charge in [-0.2, -0.15) is 4.98 Å². The van der Waals surface area contributed by atoms with Crippen molar-refractivity contribution in [1.82, 2.24) is 19.7 Å². The van der Waals surface area contributed by atoms with Gasteiger partial charge in [0.1, 0.15) is 12.6 Å². The van der Waals surface area contributed by atoms with E-state index >= 15 is 0 Å². The first-order valence-corrected chi connectivity index (χ1v) is 16.9. The molecule has 0 saturated carbocycles. The molecule has 1 atom stereocenters. The number of rotatable bonds is 14. The summed E-state index contributed by atoms with van der Waals surface area (Å²) in [6.07, 6.45) is 0. The SMILES string of the molecule is CCOc1cc(C2C(C(=O)OCc3ccccc3)=C(C)Nc3nc(SCc4ccccc4Cl)nn32)ccc1OCC(=O)N(CC)CC. The quantitative estimate of drug-likeness (QED) is 0.113. The van der Waals surface area contributed by atoms with E-state index in [1.807, 2.05) is 94.4 Å². The van der Waals surface area contributed by atoms with Crippen molar-refractivity contribution in [2.75, 3.05) is 31.6 Å². The third-order valence-electron chi connectivity index (χ3n) is 7.63. The van der Waals surface area contributed by atoms with Crippen LogP contribution in [-0.2, 0) is 26.7 Å². The van der Waals surface area contributed by atoms with Gasteiger partial charge in [0.2, 0.25) is 11.1 Å². The third kappa shape index (κ3) is 8.09. The van der Waals surface area contributed by atoms with Gasteiger partial charge in [0.05, 0.1) is 12.2 Å². The molecule has 0 fully saturated rings. The van der Waals surface area contributed by atoms with Crippen molar-refractivity contribution < 1.29 is 23.8 Å². The number of nitrogens with one attached hydrogen (secondary N) is 1. The Morgan fingerprint density at radius 2 is 1.72 bits per heavy atom. The fraction of sp³-hybridized carbons (Fsp3) is 0.314. The maximum absolute atomic E-state index is 13.8. The second kappa shape index (κ2) is 15.9. The van der Waals surface area contributed by atoms with Crippen molar-refractivity contribution in [3.05, 3.63) is 106 Å². The van der Waals surface area contributed by atoms with E-state index in [0.29, 0.717) is 69.9 Å². The fourth-order valence-electron chi connectivity index (χ4n) is 5.21. The van der Waals surface area contributed by atoms with Crippen LogP contribution in [0.1, 0.15) is 50.4 Å². The Morgan fingerprint density at radius 1 is 0.979 bits per heavy atom. The number of carbonyl (C=O) groups excluding carboxylic acids is 2. The lowest BCUT2D eigenvalue weighted by molar-refractivity contribution is -0.141. The van der Waals surface area contributed by atoms with E-state index in [1.165, 1.54) is 11.8 Å². The Bertz CT molecular complexity index is 1740. The molecule has 12 heteroatoms. The van der Waals surface area contributed by atoms with E-state index in [1.54, 1.807) is 15.6 Å². The molecule has 5 rings (SSSR count). The smallest absolute Gasteiger partial charge is 0.338 e. The van der Waals surface area contributed by atoms with Crippen LogP contribution < -0.4 is 14.8 Å². The summed E-state index contributed by atoms with van der Waals surface area (Å²) < 4.78 is 19.4. The molecule has 1 N–H and O–H groups in total. The molecule has 246 valence electrons. The lowest BCUT2D eigenvalue weighted by Crippen LogP contribution is -2.34. The van der Waals surface area contributed by atoms with Crippen LogP contribution in [0.15, 0.2) is 89.2 Å². The summed E-state index contributed by atoms with van der Waals surface area (Å²) in [6.45, 7) is 9.10. The largest absolute Gasteiger partial charge is 0.490 e. The number of amides is 1. The van der Waals surface area contributed by atoms with E-state index < -0.39 is 12.0 Å². The minimum absolute atomic E-state index is 0.115. The molecule has 0 saturated heterocycles. The molecule has 0 radical (unpaired) electrons. The van der Waals surface area contributed by atoms with Gasteiger partial charge in [0, 0.05) is 29.6 Å². The van der Waals surface area contributed by atoms with Crippen molar-refractivity contribution in [3.8, 4) is 11.5 Å². The number of nitrogens with zero attached hydrogens (tertiary/aromatic N) is 4. The number of hydrogen-bond donors (Lipinski definition) is 1. The van der Waals surface area contributed by atoms with Gasteiger partial charge in [-0.1, -0.05) is 78.0 Å². The molecule has 1 aromatic heterocycles. The lowest BCUT2D eigenvalue weighted by Gasteiger charge is -2.28. The number of allylic oxidation sites excluding steroid dienone is 1. The average molecular weight is 676 g/mol. The molecule has 10 nitrogen and oxygen atoms in total. The standard InChI is InChI=1S/C35H38ClN5O5S/c1-5-40(6-2)30(42)21-45-28-18-17-25(19-29(28)44-7-3)32-31(33(43)46-20-24-13-9-8-10-14-24)23(4)37-34-38-35(39-41(32)34)47-22-26-15-11-12-16-27(26)36/h8-19,32H,5-7,20-22H2,1-4H3,(H,37,38,39).